The summed E-state index contributed by atoms with van der Waals surface area (Å²) >= 11 is 5.14. The SMILES string of the molecule is Cn1c(=S)[nH]c2cc(C(=O)N(CCC#N)Cc3cccnc3)ccc2c1=O. The molecule has 0 atom stereocenters. The van der Waals surface area contributed by atoms with Gasteiger partial charge in [0.05, 0.1) is 23.4 Å². The molecule has 136 valence electrons. The summed E-state index contributed by atoms with van der Waals surface area (Å²) in [6.45, 7) is 0.647. The van der Waals surface area contributed by atoms with Gasteiger partial charge in [0.2, 0.25) is 0 Å². The van der Waals surface area contributed by atoms with Gasteiger partial charge >= 0.3 is 0 Å². The molecule has 2 aromatic heterocycles. The molecule has 27 heavy (non-hydrogen) atoms. The maximum atomic E-state index is 13.0. The van der Waals surface area contributed by atoms with Gasteiger partial charge in [-0.3, -0.25) is 19.1 Å². The lowest BCUT2D eigenvalue weighted by atomic mass is 10.1. The molecule has 0 unspecified atom stereocenters. The highest BCUT2D eigenvalue weighted by molar-refractivity contribution is 7.71. The molecule has 0 aliphatic heterocycles. The average molecular weight is 379 g/mol. The number of H-pyrrole nitrogens is 1. The second-order valence-electron chi connectivity index (χ2n) is 6.05. The minimum Gasteiger partial charge on any atom is -0.333 e. The summed E-state index contributed by atoms with van der Waals surface area (Å²) in [6, 6.07) is 10.6. The van der Waals surface area contributed by atoms with Crippen LogP contribution in [0.15, 0.2) is 47.5 Å². The number of amides is 1. The summed E-state index contributed by atoms with van der Waals surface area (Å²) in [5.41, 5.74) is 1.58. The lowest BCUT2D eigenvalue weighted by Gasteiger charge is -2.22. The summed E-state index contributed by atoms with van der Waals surface area (Å²) in [7, 11) is 1.59. The van der Waals surface area contributed by atoms with Crippen molar-refractivity contribution in [1.29, 1.82) is 5.26 Å². The number of carbonyl (C=O) groups is 1. The first kappa shape index (κ1) is 18.5. The maximum absolute atomic E-state index is 13.0. The molecule has 0 bridgehead atoms. The van der Waals surface area contributed by atoms with Gasteiger partial charge in [-0.25, -0.2) is 0 Å². The molecule has 8 heteroatoms. The molecule has 1 N–H and O–H groups in total. The van der Waals surface area contributed by atoms with Crippen molar-refractivity contribution in [3.05, 3.63) is 69.0 Å². The Bertz CT molecular complexity index is 1140. The van der Waals surface area contributed by atoms with Gasteiger partial charge in [0.1, 0.15) is 0 Å². The van der Waals surface area contributed by atoms with Crippen LogP contribution in [0.2, 0.25) is 0 Å². The molecular formula is C19H17N5O2S. The number of nitriles is 1. The van der Waals surface area contributed by atoms with E-state index in [1.807, 2.05) is 6.07 Å². The Labute approximate surface area is 160 Å². The van der Waals surface area contributed by atoms with Gasteiger partial charge in [-0.1, -0.05) is 6.07 Å². The number of hydrogen-bond donors (Lipinski definition) is 1. The smallest absolute Gasteiger partial charge is 0.261 e. The lowest BCUT2D eigenvalue weighted by Crippen LogP contribution is -2.31. The molecule has 0 spiro atoms. The van der Waals surface area contributed by atoms with Crippen molar-refractivity contribution < 1.29 is 4.79 Å². The molecule has 2 heterocycles. The molecule has 0 radical (unpaired) electrons. The number of nitrogens with zero attached hydrogens (tertiary/aromatic N) is 4. The van der Waals surface area contributed by atoms with Crippen molar-refractivity contribution in [3.63, 3.8) is 0 Å². The number of aromatic amines is 1. The van der Waals surface area contributed by atoms with Crippen molar-refractivity contribution in [2.45, 2.75) is 13.0 Å². The van der Waals surface area contributed by atoms with Crippen molar-refractivity contribution in [3.8, 4) is 6.07 Å². The van der Waals surface area contributed by atoms with E-state index in [9.17, 15) is 9.59 Å². The van der Waals surface area contributed by atoms with Crippen molar-refractivity contribution >= 4 is 29.0 Å². The molecular weight excluding hydrogens is 362 g/mol. The predicted octanol–water partition coefficient (Wildman–Crippen LogP) is 2.55. The number of fused-ring (bicyclic) bond motifs is 1. The molecule has 0 aliphatic carbocycles. The van der Waals surface area contributed by atoms with E-state index < -0.39 is 0 Å². The monoisotopic (exact) mass is 379 g/mol. The third-order valence-electron chi connectivity index (χ3n) is 4.22. The standard InChI is InChI=1S/C19H17N5O2S/c1-23-18(26)15-6-5-14(10-16(15)22-19(23)27)17(25)24(9-3-7-20)12-13-4-2-8-21-11-13/h2,4-6,8,10-11H,3,9,12H2,1H3,(H,22,27). The van der Waals surface area contributed by atoms with Gasteiger partial charge in [-0.2, -0.15) is 5.26 Å². The minimum absolute atomic E-state index is 0.218. The van der Waals surface area contributed by atoms with E-state index in [0.717, 1.165) is 5.56 Å². The molecule has 1 amide bonds. The number of nitrogens with one attached hydrogen (secondary N) is 1. The Morgan fingerprint density at radius 1 is 1.41 bits per heavy atom. The van der Waals surface area contributed by atoms with E-state index in [0.29, 0.717) is 29.6 Å². The summed E-state index contributed by atoms with van der Waals surface area (Å²) in [6.07, 6.45) is 3.58. The predicted molar refractivity (Wildman–Crippen MR) is 104 cm³/mol. The molecule has 1 aromatic carbocycles. The average Bonchev–Trinajstić information content (AvgIpc) is 2.69. The van der Waals surface area contributed by atoms with E-state index in [4.69, 9.17) is 17.5 Å². The number of pyridine rings is 1. The van der Waals surface area contributed by atoms with Crippen LogP contribution in [0.25, 0.3) is 10.9 Å². The molecule has 0 saturated heterocycles. The molecule has 3 rings (SSSR count). The Morgan fingerprint density at radius 3 is 2.93 bits per heavy atom. The van der Waals surface area contributed by atoms with Crippen molar-refractivity contribution in [2.75, 3.05) is 6.54 Å². The van der Waals surface area contributed by atoms with Crippen molar-refractivity contribution in [2.24, 2.45) is 7.05 Å². The topological polar surface area (TPSA) is 94.8 Å². The molecule has 3 aromatic rings. The molecule has 0 fully saturated rings. The summed E-state index contributed by atoms with van der Waals surface area (Å²) < 4.78 is 1.63. The fourth-order valence-corrected chi connectivity index (χ4v) is 2.96. The highest BCUT2D eigenvalue weighted by Gasteiger charge is 2.17. The van der Waals surface area contributed by atoms with Crippen LogP contribution in [-0.2, 0) is 13.6 Å². The maximum Gasteiger partial charge on any atom is 0.261 e. The van der Waals surface area contributed by atoms with Crippen LogP contribution < -0.4 is 5.56 Å². The lowest BCUT2D eigenvalue weighted by molar-refractivity contribution is 0.0747. The van der Waals surface area contributed by atoms with E-state index in [2.05, 4.69) is 16.0 Å². The third-order valence-corrected chi connectivity index (χ3v) is 4.60. The number of rotatable bonds is 5. The highest BCUT2D eigenvalue weighted by Crippen LogP contribution is 2.15. The zero-order valence-electron chi connectivity index (χ0n) is 14.7. The van der Waals surface area contributed by atoms with Crippen LogP contribution in [0.1, 0.15) is 22.3 Å². The number of carbonyl (C=O) groups excluding carboxylic acids is 1. The van der Waals surface area contributed by atoms with E-state index in [1.165, 1.54) is 4.57 Å². The van der Waals surface area contributed by atoms with Crippen LogP contribution in [0, 0.1) is 16.1 Å². The number of hydrogen-bond acceptors (Lipinski definition) is 5. The number of aromatic nitrogens is 3. The Hall–Kier alpha value is -3.31. The summed E-state index contributed by atoms with van der Waals surface area (Å²) in [5, 5.41) is 9.36. The second-order valence-corrected chi connectivity index (χ2v) is 6.44. The van der Waals surface area contributed by atoms with Crippen LogP contribution in [0.5, 0.6) is 0 Å². The van der Waals surface area contributed by atoms with Crippen molar-refractivity contribution in [1.82, 2.24) is 19.4 Å². The zero-order chi connectivity index (χ0) is 19.4. The third kappa shape index (κ3) is 3.93. The second kappa shape index (κ2) is 7.93. The fraction of sp³-hybridized carbons (Fsp3) is 0.211. The van der Waals surface area contributed by atoms with Crippen LogP contribution in [0.4, 0.5) is 0 Å². The molecule has 0 aliphatic rings. The first-order chi connectivity index (χ1) is 13.0. The highest BCUT2D eigenvalue weighted by atomic mass is 32.1. The largest absolute Gasteiger partial charge is 0.333 e. The van der Waals surface area contributed by atoms with E-state index in [1.54, 1.807) is 48.6 Å². The van der Waals surface area contributed by atoms with Crippen LogP contribution >= 0.6 is 12.2 Å². The quantitative estimate of drug-likeness (QED) is 0.688. The van der Waals surface area contributed by atoms with E-state index >= 15 is 0 Å². The minimum atomic E-state index is -0.226. The molecule has 7 nitrogen and oxygen atoms in total. The normalized spacial score (nSPS) is 10.5. The first-order valence-electron chi connectivity index (χ1n) is 8.29. The Balaban J connectivity index is 1.97. The van der Waals surface area contributed by atoms with Gasteiger partial charge in [0, 0.05) is 38.1 Å². The number of benzene rings is 1. The van der Waals surface area contributed by atoms with Crippen LogP contribution in [-0.4, -0.2) is 31.9 Å². The van der Waals surface area contributed by atoms with Gasteiger partial charge in [-0.05, 0) is 42.0 Å². The first-order valence-corrected chi connectivity index (χ1v) is 8.70. The molecule has 0 saturated carbocycles. The van der Waals surface area contributed by atoms with Gasteiger partial charge in [-0.15, -0.1) is 0 Å². The van der Waals surface area contributed by atoms with Gasteiger partial charge in [0.15, 0.2) is 4.77 Å². The zero-order valence-corrected chi connectivity index (χ0v) is 15.5. The van der Waals surface area contributed by atoms with Gasteiger partial charge < -0.3 is 9.88 Å². The van der Waals surface area contributed by atoms with E-state index in [-0.39, 0.29) is 22.7 Å². The summed E-state index contributed by atoms with van der Waals surface area (Å²) in [5.74, 6) is -0.226. The Kier molecular flexibility index (Phi) is 5.43. The van der Waals surface area contributed by atoms with Gasteiger partial charge in [0.25, 0.3) is 11.5 Å². The summed E-state index contributed by atoms with van der Waals surface area (Å²) in [4.78, 5) is 33.9. The Morgan fingerprint density at radius 2 is 2.22 bits per heavy atom. The van der Waals surface area contributed by atoms with Crippen LogP contribution in [0.3, 0.4) is 0 Å². The fourth-order valence-electron chi connectivity index (χ4n) is 2.77.